The van der Waals surface area contributed by atoms with Crippen molar-refractivity contribution in [2.45, 2.75) is 24.9 Å². The van der Waals surface area contributed by atoms with Crippen molar-refractivity contribution in [3.05, 3.63) is 65.2 Å². The summed E-state index contributed by atoms with van der Waals surface area (Å²) in [6.07, 6.45) is -0.393. The van der Waals surface area contributed by atoms with Gasteiger partial charge in [-0.2, -0.15) is 0 Å². The molecule has 2 aromatic rings. The van der Waals surface area contributed by atoms with E-state index in [2.05, 4.69) is 10.6 Å². The lowest BCUT2D eigenvalue weighted by Crippen LogP contribution is -2.63. The zero-order chi connectivity index (χ0) is 29.4. The number of nitrogens with two attached hydrogens (primary N) is 1. The number of esters is 1. The molecular formula is C27H32N6O7. The summed E-state index contributed by atoms with van der Waals surface area (Å²) in [5, 5.41) is 22.4. The summed E-state index contributed by atoms with van der Waals surface area (Å²) < 4.78 is 4.71. The molecule has 0 aliphatic carbocycles. The number of amidine groups is 1. The molecule has 0 radical (unpaired) electrons. The van der Waals surface area contributed by atoms with Crippen LogP contribution in [0.15, 0.2) is 48.5 Å². The number of ether oxygens (including phenoxy) is 1. The summed E-state index contributed by atoms with van der Waals surface area (Å²) in [6, 6.07) is 10.8. The fraction of sp³-hybridized carbons (Fsp3) is 0.333. The Morgan fingerprint density at radius 2 is 1.70 bits per heavy atom. The summed E-state index contributed by atoms with van der Waals surface area (Å²) >= 11 is 0. The number of carboxylic acid groups (broad SMARTS) is 1. The van der Waals surface area contributed by atoms with Crippen LogP contribution in [-0.2, 0) is 30.3 Å². The van der Waals surface area contributed by atoms with Gasteiger partial charge in [0.05, 0.1) is 13.5 Å². The van der Waals surface area contributed by atoms with Crippen molar-refractivity contribution in [2.24, 2.45) is 5.73 Å². The zero-order valence-electron chi connectivity index (χ0n) is 22.2. The Balaban J connectivity index is 1.92. The fourth-order valence-corrected chi connectivity index (χ4v) is 4.35. The van der Waals surface area contributed by atoms with Gasteiger partial charge in [-0.05, 0) is 29.8 Å². The molecule has 1 aliphatic heterocycles. The van der Waals surface area contributed by atoms with Crippen LogP contribution in [0.1, 0.15) is 27.9 Å². The minimum atomic E-state index is -1.30. The molecule has 1 heterocycles. The van der Waals surface area contributed by atoms with E-state index in [0.29, 0.717) is 5.56 Å². The van der Waals surface area contributed by atoms with Gasteiger partial charge in [-0.1, -0.05) is 24.3 Å². The van der Waals surface area contributed by atoms with Gasteiger partial charge in [-0.3, -0.25) is 29.4 Å². The molecule has 0 spiro atoms. The Morgan fingerprint density at radius 1 is 1.07 bits per heavy atom. The number of nitrogens with zero attached hydrogens (tertiary/aromatic N) is 2. The molecule has 1 aliphatic rings. The quantitative estimate of drug-likeness (QED) is 0.145. The zero-order valence-corrected chi connectivity index (χ0v) is 22.2. The van der Waals surface area contributed by atoms with Gasteiger partial charge in [-0.25, -0.2) is 0 Å². The summed E-state index contributed by atoms with van der Waals surface area (Å²) in [5.74, 6) is -4.01. The van der Waals surface area contributed by atoms with Gasteiger partial charge in [-0.15, -0.1) is 0 Å². The van der Waals surface area contributed by atoms with Gasteiger partial charge in [0, 0.05) is 43.4 Å². The minimum absolute atomic E-state index is 0.0438. The number of hydrogen-bond acceptors (Lipinski definition) is 8. The topological polar surface area (TPSA) is 195 Å². The molecule has 13 heteroatoms. The Kier molecular flexibility index (Phi) is 9.79. The van der Waals surface area contributed by atoms with E-state index in [-0.39, 0.29) is 30.9 Å². The van der Waals surface area contributed by atoms with Crippen molar-refractivity contribution in [1.82, 2.24) is 15.1 Å². The van der Waals surface area contributed by atoms with E-state index in [4.69, 9.17) is 15.9 Å². The van der Waals surface area contributed by atoms with Crippen molar-refractivity contribution in [3.63, 3.8) is 0 Å². The monoisotopic (exact) mass is 552 g/mol. The third-order valence-corrected chi connectivity index (χ3v) is 6.52. The Morgan fingerprint density at radius 3 is 2.25 bits per heavy atom. The Hall–Kier alpha value is -4.94. The number of piperazine rings is 1. The van der Waals surface area contributed by atoms with Crippen LogP contribution >= 0.6 is 0 Å². The van der Waals surface area contributed by atoms with Gasteiger partial charge in [0.25, 0.3) is 5.91 Å². The van der Waals surface area contributed by atoms with Crippen LogP contribution < -0.4 is 16.4 Å². The van der Waals surface area contributed by atoms with Crippen LogP contribution in [0.2, 0.25) is 0 Å². The Labute approximate surface area is 230 Å². The lowest BCUT2D eigenvalue weighted by molar-refractivity contribution is -0.159. The molecule has 0 aromatic heterocycles. The number of aliphatic carboxylic acids is 1. The number of carbonyl (C=O) groups excluding carboxylic acids is 4. The van der Waals surface area contributed by atoms with Gasteiger partial charge in [0.15, 0.2) is 0 Å². The maximum atomic E-state index is 13.9. The van der Waals surface area contributed by atoms with E-state index < -0.39 is 54.7 Å². The first kappa shape index (κ1) is 29.6. The second-order valence-corrected chi connectivity index (χ2v) is 9.15. The number of benzene rings is 2. The average Bonchev–Trinajstić information content (AvgIpc) is 2.94. The lowest BCUT2D eigenvalue weighted by atomic mass is 10.0. The maximum Gasteiger partial charge on any atom is 0.323 e. The lowest BCUT2D eigenvalue weighted by Gasteiger charge is -2.41. The van der Waals surface area contributed by atoms with Crippen molar-refractivity contribution in [2.75, 3.05) is 39.1 Å². The van der Waals surface area contributed by atoms with E-state index in [1.807, 2.05) is 12.1 Å². The minimum Gasteiger partial charge on any atom is -0.480 e. The Bertz CT molecular complexity index is 1280. The van der Waals surface area contributed by atoms with Crippen molar-refractivity contribution in [1.29, 1.82) is 5.41 Å². The van der Waals surface area contributed by atoms with Crippen LogP contribution in [0.4, 0.5) is 5.69 Å². The van der Waals surface area contributed by atoms with E-state index in [1.165, 1.54) is 29.2 Å². The molecule has 40 heavy (non-hydrogen) atoms. The third kappa shape index (κ3) is 7.34. The van der Waals surface area contributed by atoms with Crippen LogP contribution in [0.25, 0.3) is 0 Å². The number of rotatable bonds is 11. The van der Waals surface area contributed by atoms with Crippen LogP contribution in [0.5, 0.6) is 0 Å². The van der Waals surface area contributed by atoms with Crippen molar-refractivity contribution >= 4 is 41.2 Å². The molecule has 0 unspecified atom stereocenters. The smallest absolute Gasteiger partial charge is 0.323 e. The number of carbonyl (C=O) groups is 5. The first-order valence-corrected chi connectivity index (χ1v) is 12.4. The summed E-state index contributed by atoms with van der Waals surface area (Å²) in [4.78, 5) is 65.9. The highest BCUT2D eigenvalue weighted by atomic mass is 16.5. The summed E-state index contributed by atoms with van der Waals surface area (Å²) in [6.45, 7) is -0.677. The molecule has 1 saturated heterocycles. The third-order valence-electron chi connectivity index (χ3n) is 6.52. The maximum absolute atomic E-state index is 13.9. The van der Waals surface area contributed by atoms with E-state index in [9.17, 15) is 29.1 Å². The number of carboxylic acids is 1. The second kappa shape index (κ2) is 13.2. The van der Waals surface area contributed by atoms with E-state index in [1.54, 1.807) is 19.2 Å². The fourth-order valence-electron chi connectivity index (χ4n) is 4.35. The summed E-state index contributed by atoms with van der Waals surface area (Å²) in [7, 11) is 2.91. The number of anilines is 1. The SMILES string of the molecule is CNc1ccc(C[C@H](NC(=O)c2ccc(C(=N)N)cc2)C(=O)N2CCN(CC(=O)O)C(=O)[C@@H]2CC(=O)OC)cc1. The molecule has 0 bridgehead atoms. The van der Waals surface area contributed by atoms with Crippen LogP contribution in [0, 0.1) is 5.41 Å². The highest BCUT2D eigenvalue weighted by Crippen LogP contribution is 2.19. The predicted molar refractivity (Wildman–Crippen MR) is 145 cm³/mol. The molecule has 2 aromatic carbocycles. The second-order valence-electron chi connectivity index (χ2n) is 9.15. The number of methoxy groups -OCH3 is 1. The number of amides is 3. The predicted octanol–water partition coefficient (Wildman–Crippen LogP) is 0.0406. The molecule has 3 rings (SSSR count). The van der Waals surface area contributed by atoms with Crippen LogP contribution in [0.3, 0.4) is 0 Å². The van der Waals surface area contributed by atoms with Crippen molar-refractivity contribution in [3.8, 4) is 0 Å². The average molecular weight is 553 g/mol. The normalized spacial score (nSPS) is 15.7. The molecular weight excluding hydrogens is 520 g/mol. The number of hydrogen-bond donors (Lipinski definition) is 5. The van der Waals surface area contributed by atoms with E-state index in [0.717, 1.165) is 23.3 Å². The summed E-state index contributed by atoms with van der Waals surface area (Å²) in [5.41, 5.74) is 7.71. The number of nitrogens with one attached hydrogen (secondary N) is 3. The van der Waals surface area contributed by atoms with Gasteiger partial charge in [0.2, 0.25) is 11.8 Å². The van der Waals surface area contributed by atoms with Crippen molar-refractivity contribution < 1.29 is 33.8 Å². The molecule has 0 saturated carbocycles. The van der Waals surface area contributed by atoms with Gasteiger partial charge in [0.1, 0.15) is 24.5 Å². The molecule has 2 atom stereocenters. The first-order chi connectivity index (χ1) is 19.0. The standard InChI is InChI=1S/C27H32N6O7/c1-30-19-9-3-16(4-10-19)13-20(31-25(37)18-7-5-17(6-8-18)24(28)29)26(38)33-12-11-32(15-22(34)35)27(39)21(33)14-23(36)40-2/h3-10,20-21,30H,11-15H2,1-2H3,(H3,28,29)(H,31,37)(H,34,35)/t20-,21-/m0/s1. The highest BCUT2D eigenvalue weighted by molar-refractivity contribution is 6.01. The number of nitrogen functional groups attached to an aromatic ring is 1. The highest BCUT2D eigenvalue weighted by Gasteiger charge is 2.41. The van der Waals surface area contributed by atoms with Crippen LogP contribution in [-0.4, -0.2) is 96.3 Å². The first-order valence-electron chi connectivity index (χ1n) is 12.4. The molecule has 6 N–H and O–H groups in total. The molecule has 212 valence electrons. The largest absolute Gasteiger partial charge is 0.480 e. The van der Waals surface area contributed by atoms with Gasteiger partial charge < -0.3 is 36.0 Å². The molecule has 3 amide bonds. The van der Waals surface area contributed by atoms with E-state index >= 15 is 0 Å². The van der Waals surface area contributed by atoms with Gasteiger partial charge >= 0.3 is 11.9 Å². The molecule has 13 nitrogen and oxygen atoms in total. The molecule has 1 fully saturated rings.